The van der Waals surface area contributed by atoms with E-state index in [9.17, 15) is 14.7 Å². The lowest BCUT2D eigenvalue weighted by Crippen LogP contribution is -2.47. The summed E-state index contributed by atoms with van der Waals surface area (Å²) < 4.78 is 5.31. The van der Waals surface area contributed by atoms with E-state index in [1.54, 1.807) is 4.90 Å². The highest BCUT2D eigenvalue weighted by Gasteiger charge is 2.44. The van der Waals surface area contributed by atoms with Crippen LogP contribution in [0.3, 0.4) is 0 Å². The molecule has 2 aliphatic heterocycles. The van der Waals surface area contributed by atoms with Gasteiger partial charge in [0.15, 0.2) is 0 Å². The van der Waals surface area contributed by atoms with Crippen molar-refractivity contribution in [3.05, 3.63) is 0 Å². The van der Waals surface area contributed by atoms with Gasteiger partial charge in [-0.2, -0.15) is 0 Å². The minimum Gasteiger partial charge on any atom is -0.480 e. The molecule has 0 saturated carbocycles. The van der Waals surface area contributed by atoms with Crippen LogP contribution in [0.2, 0.25) is 0 Å². The number of ether oxygens (including phenoxy) is 1. The summed E-state index contributed by atoms with van der Waals surface area (Å²) in [6.45, 7) is 5.69. The molecule has 0 spiro atoms. The molecule has 2 unspecified atom stereocenters. The highest BCUT2D eigenvalue weighted by Crippen LogP contribution is 2.24. The molecule has 0 bridgehead atoms. The number of urea groups is 1. The standard InChI is InChI=1S/C11H18N2O4/c1-7(2)9(10(14)15)13-5-8-6-17-4-3-12(8)11(13)16/h7-9H,3-6H2,1-2H3,(H,14,15). The van der Waals surface area contributed by atoms with Crippen LogP contribution in [-0.2, 0) is 9.53 Å². The molecular weight excluding hydrogens is 224 g/mol. The largest absolute Gasteiger partial charge is 0.480 e. The Kier molecular flexibility index (Phi) is 3.24. The summed E-state index contributed by atoms with van der Waals surface area (Å²) in [6.07, 6.45) is 0. The van der Waals surface area contributed by atoms with Crippen LogP contribution >= 0.6 is 0 Å². The molecule has 2 saturated heterocycles. The van der Waals surface area contributed by atoms with Crippen molar-refractivity contribution in [3.63, 3.8) is 0 Å². The third-order valence-electron chi connectivity index (χ3n) is 3.35. The predicted molar refractivity (Wildman–Crippen MR) is 59.7 cm³/mol. The average Bonchev–Trinajstić information content (AvgIpc) is 2.56. The van der Waals surface area contributed by atoms with Crippen molar-refractivity contribution in [1.82, 2.24) is 9.80 Å². The van der Waals surface area contributed by atoms with Crippen molar-refractivity contribution < 1.29 is 19.4 Å². The Labute approximate surface area is 100 Å². The molecule has 2 aliphatic rings. The Morgan fingerprint density at radius 1 is 1.53 bits per heavy atom. The summed E-state index contributed by atoms with van der Waals surface area (Å²) in [5, 5.41) is 9.21. The van der Waals surface area contributed by atoms with E-state index >= 15 is 0 Å². The fourth-order valence-electron chi connectivity index (χ4n) is 2.54. The third-order valence-corrected chi connectivity index (χ3v) is 3.35. The van der Waals surface area contributed by atoms with Crippen molar-refractivity contribution in [2.75, 3.05) is 26.3 Å². The first-order valence-corrected chi connectivity index (χ1v) is 5.90. The number of hydrogen-bond donors (Lipinski definition) is 1. The van der Waals surface area contributed by atoms with E-state index in [0.29, 0.717) is 26.3 Å². The zero-order valence-corrected chi connectivity index (χ0v) is 10.1. The summed E-state index contributed by atoms with van der Waals surface area (Å²) in [7, 11) is 0. The van der Waals surface area contributed by atoms with Gasteiger partial charge in [0, 0.05) is 13.1 Å². The van der Waals surface area contributed by atoms with E-state index in [0.717, 1.165) is 0 Å². The highest BCUT2D eigenvalue weighted by molar-refractivity contribution is 5.84. The number of carbonyl (C=O) groups excluding carboxylic acids is 1. The highest BCUT2D eigenvalue weighted by atomic mass is 16.5. The third kappa shape index (κ3) is 2.09. The van der Waals surface area contributed by atoms with Gasteiger partial charge in [0.1, 0.15) is 6.04 Å². The fraction of sp³-hybridized carbons (Fsp3) is 0.818. The van der Waals surface area contributed by atoms with Crippen LogP contribution in [0.1, 0.15) is 13.8 Å². The van der Waals surface area contributed by atoms with Crippen molar-refractivity contribution in [2.45, 2.75) is 25.9 Å². The second-order valence-electron chi connectivity index (χ2n) is 4.88. The van der Waals surface area contributed by atoms with E-state index in [4.69, 9.17) is 4.74 Å². The van der Waals surface area contributed by atoms with Gasteiger partial charge in [-0.1, -0.05) is 13.8 Å². The van der Waals surface area contributed by atoms with Gasteiger partial charge in [-0.15, -0.1) is 0 Å². The van der Waals surface area contributed by atoms with Crippen LogP contribution in [0.15, 0.2) is 0 Å². The number of rotatable bonds is 3. The molecule has 6 nitrogen and oxygen atoms in total. The maximum Gasteiger partial charge on any atom is 0.326 e. The van der Waals surface area contributed by atoms with Crippen LogP contribution in [0.25, 0.3) is 0 Å². The van der Waals surface area contributed by atoms with E-state index < -0.39 is 12.0 Å². The Morgan fingerprint density at radius 2 is 2.24 bits per heavy atom. The maximum atomic E-state index is 12.1. The zero-order valence-electron chi connectivity index (χ0n) is 10.1. The SMILES string of the molecule is CC(C)C(C(=O)O)N1CC2COCCN2C1=O. The second-order valence-corrected chi connectivity index (χ2v) is 4.88. The first-order chi connectivity index (χ1) is 8.02. The Morgan fingerprint density at radius 3 is 2.76 bits per heavy atom. The maximum absolute atomic E-state index is 12.1. The number of carboxylic acids is 1. The number of hydrogen-bond acceptors (Lipinski definition) is 3. The molecule has 0 aromatic heterocycles. The van der Waals surface area contributed by atoms with Crippen molar-refractivity contribution in [1.29, 1.82) is 0 Å². The molecule has 2 heterocycles. The molecule has 2 fully saturated rings. The van der Waals surface area contributed by atoms with Crippen LogP contribution < -0.4 is 0 Å². The molecule has 0 aromatic rings. The first kappa shape index (κ1) is 12.2. The van der Waals surface area contributed by atoms with Gasteiger partial charge in [0.25, 0.3) is 0 Å². The van der Waals surface area contributed by atoms with Crippen molar-refractivity contribution in [3.8, 4) is 0 Å². The van der Waals surface area contributed by atoms with E-state index in [1.165, 1.54) is 4.90 Å². The monoisotopic (exact) mass is 242 g/mol. The average molecular weight is 242 g/mol. The van der Waals surface area contributed by atoms with Gasteiger partial charge in [-0.3, -0.25) is 0 Å². The molecule has 0 aromatic carbocycles. The van der Waals surface area contributed by atoms with Crippen LogP contribution in [0.4, 0.5) is 4.79 Å². The van der Waals surface area contributed by atoms with E-state index in [-0.39, 0.29) is 18.0 Å². The summed E-state index contributed by atoms with van der Waals surface area (Å²) in [4.78, 5) is 26.5. The van der Waals surface area contributed by atoms with Gasteiger partial charge >= 0.3 is 12.0 Å². The van der Waals surface area contributed by atoms with Gasteiger partial charge in [-0.25, -0.2) is 9.59 Å². The molecule has 6 heteroatoms. The minimum atomic E-state index is -0.936. The Bertz CT molecular complexity index is 331. The number of morpholine rings is 1. The number of carboxylic acid groups (broad SMARTS) is 1. The molecule has 2 atom stereocenters. The zero-order chi connectivity index (χ0) is 12.6. The molecule has 96 valence electrons. The topological polar surface area (TPSA) is 70.1 Å². The normalized spacial score (nSPS) is 26.3. The number of nitrogens with zero attached hydrogens (tertiary/aromatic N) is 2. The quantitative estimate of drug-likeness (QED) is 0.769. The molecule has 0 radical (unpaired) electrons. The summed E-state index contributed by atoms with van der Waals surface area (Å²) in [5.41, 5.74) is 0. The molecule has 0 aliphatic carbocycles. The molecule has 1 N–H and O–H groups in total. The molecule has 17 heavy (non-hydrogen) atoms. The second kappa shape index (κ2) is 4.52. The molecule has 2 rings (SSSR count). The smallest absolute Gasteiger partial charge is 0.326 e. The summed E-state index contributed by atoms with van der Waals surface area (Å²) >= 11 is 0. The lowest BCUT2D eigenvalue weighted by atomic mass is 10.0. The van der Waals surface area contributed by atoms with E-state index in [2.05, 4.69) is 0 Å². The van der Waals surface area contributed by atoms with Crippen LogP contribution in [0, 0.1) is 5.92 Å². The minimum absolute atomic E-state index is 0.0110. The molecular formula is C11H18N2O4. The molecule has 2 amide bonds. The number of amides is 2. The summed E-state index contributed by atoms with van der Waals surface area (Å²) in [5.74, 6) is -1.03. The summed E-state index contributed by atoms with van der Waals surface area (Å²) in [6, 6.07) is -0.899. The first-order valence-electron chi connectivity index (χ1n) is 5.90. The number of aliphatic carboxylic acids is 1. The predicted octanol–water partition coefficient (Wildman–Crippen LogP) is 0.232. The van der Waals surface area contributed by atoms with Gasteiger partial charge < -0.3 is 19.6 Å². The fourth-order valence-corrected chi connectivity index (χ4v) is 2.54. The number of carbonyl (C=O) groups is 2. The lowest BCUT2D eigenvalue weighted by molar-refractivity contribution is -0.143. The van der Waals surface area contributed by atoms with Gasteiger partial charge in [0.2, 0.25) is 0 Å². The van der Waals surface area contributed by atoms with E-state index in [1.807, 2.05) is 13.8 Å². The van der Waals surface area contributed by atoms with Crippen LogP contribution in [-0.4, -0.2) is 65.3 Å². The van der Waals surface area contributed by atoms with Crippen LogP contribution in [0.5, 0.6) is 0 Å². The van der Waals surface area contributed by atoms with Crippen molar-refractivity contribution in [2.24, 2.45) is 5.92 Å². The number of fused-ring (bicyclic) bond motifs is 1. The van der Waals surface area contributed by atoms with Gasteiger partial charge in [-0.05, 0) is 5.92 Å². The van der Waals surface area contributed by atoms with Gasteiger partial charge in [0.05, 0.1) is 19.3 Å². The van der Waals surface area contributed by atoms with Crippen molar-refractivity contribution >= 4 is 12.0 Å². The lowest BCUT2D eigenvalue weighted by Gasteiger charge is -2.28. The Hall–Kier alpha value is -1.30. The Balaban J connectivity index is 2.16.